The van der Waals surface area contributed by atoms with Crippen molar-refractivity contribution in [3.63, 3.8) is 0 Å². The van der Waals surface area contributed by atoms with Gasteiger partial charge in [-0.25, -0.2) is 18.8 Å². The van der Waals surface area contributed by atoms with Gasteiger partial charge in [0.2, 0.25) is 5.75 Å². The fourth-order valence-corrected chi connectivity index (χ4v) is 5.22. The summed E-state index contributed by atoms with van der Waals surface area (Å²) in [6.45, 7) is 8.26. The molecule has 2 aliphatic heterocycles. The van der Waals surface area contributed by atoms with Gasteiger partial charge >= 0.3 is 18.0 Å². The smallest absolute Gasteiger partial charge is 0.404 e. The average molecular weight is 511 g/mol. The number of aliphatic carboxylic acids is 2. The summed E-state index contributed by atoms with van der Waals surface area (Å²) in [7, 11) is 0. The molecule has 200 valence electrons. The molecule has 3 rings (SSSR count). The Bertz CT molecular complexity index is 914. The van der Waals surface area contributed by atoms with Crippen molar-refractivity contribution in [2.45, 2.75) is 45.6 Å². The monoisotopic (exact) mass is 510 g/mol. The minimum Gasteiger partial charge on any atom is -0.478 e. The second kappa shape index (κ2) is 13.8. The van der Waals surface area contributed by atoms with Gasteiger partial charge in [0.25, 0.3) is 0 Å². The van der Waals surface area contributed by atoms with Gasteiger partial charge in [-0.2, -0.15) is 0 Å². The number of nitrogens with one attached hydrogen (secondary N) is 1. The van der Waals surface area contributed by atoms with Crippen LogP contribution < -0.4 is 15.9 Å². The predicted octanol–water partition coefficient (Wildman–Crippen LogP) is 3.23. The van der Waals surface area contributed by atoms with Gasteiger partial charge in [0.15, 0.2) is 6.04 Å². The van der Waals surface area contributed by atoms with E-state index in [0.717, 1.165) is 57.4 Å². The van der Waals surface area contributed by atoms with Gasteiger partial charge in [-0.15, -0.1) is 4.65 Å². The van der Waals surface area contributed by atoms with E-state index < -0.39 is 18.0 Å². The van der Waals surface area contributed by atoms with E-state index in [9.17, 15) is 18.8 Å². The highest BCUT2D eigenvalue weighted by atomic mass is 19.1. The second-order valence-corrected chi connectivity index (χ2v) is 8.87. The van der Waals surface area contributed by atoms with Crippen LogP contribution in [0.1, 0.15) is 51.1 Å². The van der Waals surface area contributed by atoms with Crippen LogP contribution in [0, 0.1) is 17.7 Å². The molecule has 0 spiro atoms. The number of nitrogens with two attached hydrogens (primary N) is 1. The maximum absolute atomic E-state index is 13.9. The Morgan fingerprint density at radius 3 is 2.33 bits per heavy atom. The summed E-state index contributed by atoms with van der Waals surface area (Å²) < 4.78 is 19.3. The molecule has 11 heteroatoms. The van der Waals surface area contributed by atoms with Crippen molar-refractivity contribution >= 4 is 18.0 Å². The van der Waals surface area contributed by atoms with Gasteiger partial charge in [-0.05, 0) is 70.7 Å². The van der Waals surface area contributed by atoms with Crippen molar-refractivity contribution < 1.29 is 43.2 Å². The Hall–Kier alpha value is -3.18. The standard InChI is InChI=1S/C21H32FN3O3.C4H4O4/c1-3-25(4-2)20(18-8-7-16(22)14-19(18)28-25)17(6-5-13-27-21(23)26)15-9-11-24-12-10-15;5-3(6)1-2-4(7)8/h7-8,14-15,17,20,24H,3-6,9-13H2,1-2H3,(H-,23,26);1-2H,(H,5,6)(H,7,8)/p+1/b;2-1+. The summed E-state index contributed by atoms with van der Waals surface area (Å²) in [5.74, 6) is -1.20. The summed E-state index contributed by atoms with van der Waals surface area (Å²) in [4.78, 5) is 36.4. The highest BCUT2D eigenvalue weighted by Gasteiger charge is 2.52. The number of benzene rings is 1. The van der Waals surface area contributed by atoms with E-state index in [4.69, 9.17) is 25.5 Å². The molecule has 2 atom stereocenters. The largest absolute Gasteiger partial charge is 0.478 e. The molecule has 0 radical (unpaired) electrons. The maximum Gasteiger partial charge on any atom is 0.404 e. The zero-order valence-electron chi connectivity index (χ0n) is 20.8. The van der Waals surface area contributed by atoms with E-state index in [1.165, 1.54) is 12.1 Å². The molecule has 2 aliphatic rings. The van der Waals surface area contributed by atoms with Gasteiger partial charge in [-0.1, -0.05) is 0 Å². The Balaban J connectivity index is 0.000000493. The molecular formula is C25H37FN3O7+. The number of piperidine rings is 1. The number of fused-ring (bicyclic) bond motifs is 1. The second-order valence-electron chi connectivity index (χ2n) is 8.87. The third-order valence-corrected chi connectivity index (χ3v) is 6.84. The van der Waals surface area contributed by atoms with E-state index in [-0.39, 0.29) is 11.9 Å². The van der Waals surface area contributed by atoms with Crippen LogP contribution in [0.3, 0.4) is 0 Å². The molecular weight excluding hydrogens is 473 g/mol. The number of amides is 1. The molecule has 2 unspecified atom stereocenters. The molecule has 0 aliphatic carbocycles. The molecule has 0 saturated carbocycles. The van der Waals surface area contributed by atoms with Crippen LogP contribution in [0.4, 0.5) is 9.18 Å². The third-order valence-electron chi connectivity index (χ3n) is 6.84. The summed E-state index contributed by atoms with van der Waals surface area (Å²) in [5.41, 5.74) is 6.21. The summed E-state index contributed by atoms with van der Waals surface area (Å²) >= 11 is 0. The van der Waals surface area contributed by atoms with E-state index in [1.54, 1.807) is 0 Å². The van der Waals surface area contributed by atoms with Gasteiger partial charge < -0.3 is 30.8 Å². The van der Waals surface area contributed by atoms with Crippen molar-refractivity contribution in [2.24, 2.45) is 17.6 Å². The Kier molecular flexibility index (Phi) is 11.1. The lowest BCUT2D eigenvalue weighted by Gasteiger charge is -2.42. The molecule has 0 bridgehead atoms. The first kappa shape index (κ1) is 29.1. The number of halogens is 1. The lowest BCUT2D eigenvalue weighted by atomic mass is 9.75. The van der Waals surface area contributed by atoms with Crippen LogP contribution in [0.15, 0.2) is 30.4 Å². The number of nitrogens with zero attached hydrogens (tertiary/aromatic N) is 1. The van der Waals surface area contributed by atoms with Crippen molar-refractivity contribution in [1.29, 1.82) is 0 Å². The Morgan fingerprint density at radius 1 is 1.19 bits per heavy atom. The fourth-order valence-electron chi connectivity index (χ4n) is 5.22. The molecule has 0 aromatic heterocycles. The molecule has 36 heavy (non-hydrogen) atoms. The molecule has 5 N–H and O–H groups in total. The first-order valence-corrected chi connectivity index (χ1v) is 12.3. The average Bonchev–Trinajstić information content (AvgIpc) is 3.17. The summed E-state index contributed by atoms with van der Waals surface area (Å²) in [6, 6.07) is 5.11. The minimum absolute atomic E-state index is 0.155. The van der Waals surface area contributed by atoms with E-state index in [2.05, 4.69) is 19.2 Å². The number of carboxylic acids is 2. The van der Waals surface area contributed by atoms with E-state index in [1.807, 2.05) is 6.07 Å². The van der Waals surface area contributed by atoms with Crippen LogP contribution in [0.5, 0.6) is 5.75 Å². The number of rotatable bonds is 10. The van der Waals surface area contributed by atoms with Crippen LogP contribution in [0.2, 0.25) is 0 Å². The number of hydrogen-bond acceptors (Lipinski definition) is 6. The van der Waals surface area contributed by atoms with Crippen LogP contribution in [-0.2, 0) is 14.3 Å². The molecule has 2 heterocycles. The normalized spacial score (nSPS) is 19.5. The van der Waals surface area contributed by atoms with Gasteiger partial charge in [0.05, 0.1) is 12.2 Å². The summed E-state index contributed by atoms with van der Waals surface area (Å²) in [5, 5.41) is 19.1. The number of quaternary nitrogens is 1. The number of carboxylic acid groups (broad SMARTS) is 2. The molecule has 1 aromatic carbocycles. The number of ether oxygens (including phenoxy) is 1. The number of carbonyl (C=O) groups is 3. The number of hydroxylamine groups is 3. The van der Waals surface area contributed by atoms with Gasteiger partial charge in [0, 0.05) is 24.1 Å². The zero-order valence-corrected chi connectivity index (χ0v) is 20.8. The maximum atomic E-state index is 13.9. The van der Waals surface area contributed by atoms with Crippen molar-refractivity contribution in [3.8, 4) is 5.75 Å². The SMILES string of the molecule is CC[N+]1(CC)Oc2cc(F)ccc2C1C(CCCOC(N)=O)C1CCNCC1.O=C(O)/C=C/C(=O)O. The number of primary amides is 1. The Morgan fingerprint density at radius 2 is 1.81 bits per heavy atom. The van der Waals surface area contributed by atoms with E-state index >= 15 is 0 Å². The first-order valence-electron chi connectivity index (χ1n) is 12.3. The highest BCUT2D eigenvalue weighted by molar-refractivity contribution is 5.89. The molecule has 1 fully saturated rings. The lowest BCUT2D eigenvalue weighted by molar-refractivity contribution is -1.09. The molecule has 1 saturated heterocycles. The quantitative estimate of drug-likeness (QED) is 0.213. The van der Waals surface area contributed by atoms with Gasteiger partial charge in [0.1, 0.15) is 18.9 Å². The number of hydrogen-bond donors (Lipinski definition) is 4. The van der Waals surface area contributed by atoms with Crippen molar-refractivity contribution in [2.75, 3.05) is 32.8 Å². The van der Waals surface area contributed by atoms with Gasteiger partial charge in [-0.3, -0.25) is 0 Å². The minimum atomic E-state index is -1.26. The van der Waals surface area contributed by atoms with Crippen LogP contribution in [-0.4, -0.2) is 65.7 Å². The molecule has 10 nitrogen and oxygen atoms in total. The molecule has 1 amide bonds. The Labute approximate surface area is 210 Å². The van der Waals surface area contributed by atoms with Crippen molar-refractivity contribution in [1.82, 2.24) is 5.32 Å². The first-order chi connectivity index (χ1) is 17.1. The molecule has 1 aromatic rings. The lowest BCUT2D eigenvalue weighted by Crippen LogP contribution is -2.53. The van der Waals surface area contributed by atoms with E-state index in [0.29, 0.717) is 41.0 Å². The predicted molar refractivity (Wildman–Crippen MR) is 129 cm³/mol. The highest BCUT2D eigenvalue weighted by Crippen LogP contribution is 2.51. The summed E-state index contributed by atoms with van der Waals surface area (Å²) in [6.07, 6.45) is 4.30. The zero-order chi connectivity index (χ0) is 26.7. The van der Waals surface area contributed by atoms with Crippen LogP contribution in [0.25, 0.3) is 0 Å². The van der Waals surface area contributed by atoms with Crippen LogP contribution >= 0.6 is 0 Å². The van der Waals surface area contributed by atoms with Crippen molar-refractivity contribution in [3.05, 3.63) is 41.7 Å². The topological polar surface area (TPSA) is 148 Å². The number of carbonyl (C=O) groups excluding carboxylic acids is 1. The third kappa shape index (κ3) is 7.92. The fraction of sp³-hybridized carbons (Fsp3) is 0.560.